The van der Waals surface area contributed by atoms with Crippen LogP contribution >= 0.6 is 0 Å². The lowest BCUT2D eigenvalue weighted by atomic mass is 10.0. The first-order valence-electron chi connectivity index (χ1n) is 11.2. The van der Waals surface area contributed by atoms with Crippen LogP contribution in [0.2, 0.25) is 0 Å². The molecule has 4 rings (SSSR count). The van der Waals surface area contributed by atoms with Crippen molar-refractivity contribution in [2.75, 3.05) is 40.4 Å². The first-order chi connectivity index (χ1) is 18.2. The molecule has 14 heteroatoms. The normalized spacial score (nSPS) is 15.2. The van der Waals surface area contributed by atoms with E-state index in [9.17, 15) is 18.0 Å². The lowest BCUT2D eigenvalue weighted by molar-refractivity contribution is -0.123. The summed E-state index contributed by atoms with van der Waals surface area (Å²) in [5.74, 6) is -0.197. The van der Waals surface area contributed by atoms with Crippen LogP contribution in [0.15, 0.2) is 64.6 Å². The molecule has 2 aromatic carbocycles. The highest BCUT2D eigenvalue weighted by molar-refractivity contribution is 7.89. The summed E-state index contributed by atoms with van der Waals surface area (Å²) in [6.07, 6.45) is 0. The fourth-order valence-electron chi connectivity index (χ4n) is 4.12. The maximum atomic E-state index is 13.3. The van der Waals surface area contributed by atoms with Gasteiger partial charge in [-0.05, 0) is 47.5 Å². The maximum Gasteiger partial charge on any atom is 0.261 e. The molecule has 2 aliphatic heterocycles. The number of fused-ring (bicyclic) bond motifs is 1. The van der Waals surface area contributed by atoms with E-state index in [-0.39, 0.29) is 54.2 Å². The Labute approximate surface area is 224 Å². The highest BCUT2D eigenvalue weighted by Gasteiger charge is 2.46. The van der Waals surface area contributed by atoms with Gasteiger partial charge in [-0.25, -0.2) is 13.1 Å². The maximum absolute atomic E-state index is 13.3. The van der Waals surface area contributed by atoms with Crippen LogP contribution in [0, 0.1) is 0 Å². The van der Waals surface area contributed by atoms with Gasteiger partial charge in [-0.1, -0.05) is 12.1 Å². The number of hydroxylamine groups is 1. The van der Waals surface area contributed by atoms with Gasteiger partial charge >= 0.3 is 0 Å². The second-order valence-corrected chi connectivity index (χ2v) is 9.83. The number of aliphatic hydroxyl groups is 2. The number of carbonyl (C=O) groups is 2. The Morgan fingerprint density at radius 2 is 1.24 bits per heavy atom. The van der Waals surface area contributed by atoms with Crippen LogP contribution in [-0.2, 0) is 32.1 Å². The van der Waals surface area contributed by atoms with Crippen LogP contribution in [0.5, 0.6) is 5.75 Å². The molecule has 2 amide bonds. The number of rotatable bonds is 10. The summed E-state index contributed by atoms with van der Waals surface area (Å²) < 4.78 is 34.8. The molecule has 0 bridgehead atoms. The summed E-state index contributed by atoms with van der Waals surface area (Å²) >= 11 is 2.83. The molecular weight excluding hydrogens is 536 g/mol. The molecule has 38 heavy (non-hydrogen) atoms. The summed E-state index contributed by atoms with van der Waals surface area (Å²) in [7, 11) is -0.637. The number of nitrogens with zero attached hydrogens (tertiary/aromatic N) is 2. The molecule has 0 aromatic heterocycles. The Morgan fingerprint density at radius 3 is 1.68 bits per heavy atom. The summed E-state index contributed by atoms with van der Waals surface area (Å²) in [5, 5.41) is 17.7. The fourth-order valence-corrected chi connectivity index (χ4v) is 5.14. The van der Waals surface area contributed by atoms with Gasteiger partial charge in [0.2, 0.25) is 10.0 Å². The Balaban J connectivity index is 0.00000195. The summed E-state index contributed by atoms with van der Waals surface area (Å²) in [6, 6.07) is 12.7. The average molecular weight is 563 g/mol. The Bertz CT molecular complexity index is 1370. The van der Waals surface area contributed by atoms with Gasteiger partial charge in [0, 0.05) is 20.6 Å². The van der Waals surface area contributed by atoms with Crippen molar-refractivity contribution in [2.24, 2.45) is 0 Å². The lowest BCUT2D eigenvalue weighted by Crippen LogP contribution is -2.27. The topological polar surface area (TPSA) is 166 Å². The number of carbonyl (C=O) groups excluding carboxylic acids is 2. The molecule has 0 unspecified atom stereocenters. The molecule has 4 N–H and O–H groups in total. The molecule has 0 saturated heterocycles. The predicted molar refractivity (Wildman–Crippen MR) is 138 cm³/mol. The van der Waals surface area contributed by atoms with Gasteiger partial charge in [-0.15, -0.1) is 0 Å². The first-order valence-corrected chi connectivity index (χ1v) is 13.1. The van der Waals surface area contributed by atoms with Crippen LogP contribution in [0.1, 0.15) is 11.1 Å². The molecule has 0 atom stereocenters. The highest BCUT2D eigenvalue weighted by atomic mass is 32.2. The van der Waals surface area contributed by atoms with Crippen LogP contribution < -0.4 is 15.0 Å². The van der Waals surface area contributed by atoms with E-state index < -0.39 is 10.0 Å². The van der Waals surface area contributed by atoms with Crippen molar-refractivity contribution in [3.05, 3.63) is 70.8 Å². The zero-order valence-corrected chi connectivity index (χ0v) is 22.1. The second kappa shape index (κ2) is 12.3. The summed E-state index contributed by atoms with van der Waals surface area (Å²) in [6.45, 7) is -0.254. The number of aliphatic hydroxyl groups excluding tert-OH is 2. The van der Waals surface area contributed by atoms with Crippen molar-refractivity contribution in [1.29, 1.82) is 0 Å². The zero-order valence-electron chi connectivity index (χ0n) is 20.5. The van der Waals surface area contributed by atoms with Gasteiger partial charge in [-0.3, -0.25) is 9.59 Å². The minimum absolute atomic E-state index is 0.000570. The van der Waals surface area contributed by atoms with Crippen LogP contribution in [0.25, 0.3) is 11.4 Å². The average Bonchev–Trinajstić information content (AvgIpc) is 3.34. The van der Waals surface area contributed by atoms with Gasteiger partial charge < -0.3 is 24.9 Å². The highest BCUT2D eigenvalue weighted by Crippen LogP contribution is 2.45. The third-order valence-corrected chi connectivity index (χ3v) is 7.28. The Kier molecular flexibility index (Phi) is 9.43. The minimum Gasteiger partial charge on any atom is -0.409 e. The largest absolute Gasteiger partial charge is 0.409 e. The smallest absolute Gasteiger partial charge is 0.261 e. The van der Waals surface area contributed by atoms with Crippen molar-refractivity contribution < 1.29 is 37.3 Å². The molecule has 2 aliphatic rings. The van der Waals surface area contributed by atoms with Gasteiger partial charge in [0.25, 0.3) is 11.8 Å². The molecule has 12 nitrogen and oxygen atoms in total. The predicted octanol–water partition coefficient (Wildman–Crippen LogP) is -0.437. The molecule has 202 valence electrons. The number of benzene rings is 2. The SMILES string of the molecule is CN1C(=O)C2=C(c3ccc(S(=O)(=O)NCCO)cc3)N(C)C(=O)C2=C1c1ccc(ONCCO)cc1.O=S. The molecule has 2 heterocycles. The Morgan fingerprint density at radius 1 is 0.789 bits per heavy atom. The summed E-state index contributed by atoms with van der Waals surface area (Å²) in [4.78, 5) is 34.7. The van der Waals surface area contributed by atoms with E-state index in [4.69, 9.17) is 19.3 Å². The number of amides is 2. The lowest BCUT2D eigenvalue weighted by Gasteiger charge is -2.20. The molecule has 0 saturated carbocycles. The van der Waals surface area contributed by atoms with Crippen molar-refractivity contribution in [3.8, 4) is 5.75 Å². The molecular formula is C24H26N4O8S2. The number of nitrogens with one attached hydrogen (secondary N) is 2. The molecule has 0 radical (unpaired) electrons. The fraction of sp³-hybridized carbons (Fsp3) is 0.250. The van der Waals surface area contributed by atoms with Crippen LogP contribution in [-0.4, -0.2) is 84.9 Å². The van der Waals surface area contributed by atoms with Crippen molar-refractivity contribution in [2.45, 2.75) is 4.90 Å². The summed E-state index contributed by atoms with van der Waals surface area (Å²) in [5.41, 5.74) is 5.14. The van der Waals surface area contributed by atoms with Crippen molar-refractivity contribution in [1.82, 2.24) is 20.0 Å². The molecule has 0 spiro atoms. The second-order valence-electron chi connectivity index (χ2n) is 8.07. The van der Waals surface area contributed by atoms with E-state index in [2.05, 4.69) is 22.7 Å². The number of likely N-dealkylation sites (N-methyl/N-ethyl adjacent to an activating group) is 2. The number of hydrogen-bond donors (Lipinski definition) is 4. The van der Waals surface area contributed by atoms with Crippen molar-refractivity contribution >= 4 is 45.8 Å². The first kappa shape index (κ1) is 29.0. The number of sulfonamides is 1. The quantitative estimate of drug-likeness (QED) is 0.220. The van der Waals surface area contributed by atoms with E-state index in [1.807, 2.05) is 0 Å². The van der Waals surface area contributed by atoms with E-state index in [0.717, 1.165) is 0 Å². The van der Waals surface area contributed by atoms with Crippen molar-refractivity contribution in [3.63, 3.8) is 0 Å². The number of hydrogen-bond acceptors (Lipinski definition) is 10. The van der Waals surface area contributed by atoms with Crippen LogP contribution in [0.3, 0.4) is 0 Å². The Hall–Kier alpha value is -3.53. The minimum atomic E-state index is -3.80. The van der Waals surface area contributed by atoms with E-state index >= 15 is 0 Å². The van der Waals surface area contributed by atoms with Crippen LogP contribution in [0.4, 0.5) is 0 Å². The molecule has 0 fully saturated rings. The van der Waals surface area contributed by atoms with Gasteiger partial charge in [-0.2, -0.15) is 9.69 Å². The molecule has 0 aliphatic carbocycles. The van der Waals surface area contributed by atoms with Gasteiger partial charge in [0.05, 0.1) is 47.2 Å². The van der Waals surface area contributed by atoms with E-state index in [0.29, 0.717) is 28.3 Å². The van der Waals surface area contributed by atoms with Gasteiger partial charge in [0.1, 0.15) is 5.75 Å². The zero-order chi connectivity index (χ0) is 28.0. The monoisotopic (exact) mass is 562 g/mol. The standard InChI is InChI=1S/C24H26N4O7S.OS/c1-27-21(15-3-7-17(8-4-15)35-25-11-13-29)19-20(24(27)32)22(28(2)23(19)31)16-5-9-18(10-6-16)36(33,34)26-12-14-30;1-2/h3-10,25-26,29-30H,11-14H2,1-2H3;. The van der Waals surface area contributed by atoms with E-state index in [1.165, 1.54) is 21.9 Å². The third-order valence-electron chi connectivity index (χ3n) is 5.81. The van der Waals surface area contributed by atoms with Gasteiger partial charge in [0.15, 0.2) is 12.5 Å². The third kappa shape index (κ3) is 5.50. The molecule has 2 aromatic rings. The van der Waals surface area contributed by atoms with E-state index in [1.54, 1.807) is 50.5 Å².